The largest absolute Gasteiger partial charge is 0.445 e. The van der Waals surface area contributed by atoms with Crippen LogP contribution in [0.25, 0.3) is 0 Å². The fourth-order valence-electron chi connectivity index (χ4n) is 2.85. The van der Waals surface area contributed by atoms with Crippen molar-refractivity contribution in [1.29, 1.82) is 0 Å². The van der Waals surface area contributed by atoms with Crippen LogP contribution in [0, 0.1) is 0 Å². The van der Waals surface area contributed by atoms with Crippen LogP contribution in [0.2, 0.25) is 0 Å². The van der Waals surface area contributed by atoms with Gasteiger partial charge in [-0.05, 0) is 5.56 Å². The Morgan fingerprint density at radius 2 is 1.81 bits per heavy atom. The molecule has 9 nitrogen and oxygen atoms in total. The van der Waals surface area contributed by atoms with Gasteiger partial charge in [-0.3, -0.25) is 0 Å². The zero-order valence-corrected chi connectivity index (χ0v) is 14.0. The lowest BCUT2D eigenvalue weighted by molar-refractivity contribution is -0.318. The summed E-state index contributed by atoms with van der Waals surface area (Å²) < 4.78 is 16.0. The summed E-state index contributed by atoms with van der Waals surface area (Å²) in [7, 11) is 0. The van der Waals surface area contributed by atoms with Gasteiger partial charge < -0.3 is 39.5 Å². The molecule has 0 bridgehead atoms. The van der Waals surface area contributed by atoms with E-state index >= 15 is 0 Å². The van der Waals surface area contributed by atoms with Crippen molar-refractivity contribution in [2.24, 2.45) is 0 Å². The molecule has 0 aromatic heterocycles. The van der Waals surface area contributed by atoms with Gasteiger partial charge in [0.2, 0.25) is 0 Å². The third-order valence-electron chi connectivity index (χ3n) is 4.49. The van der Waals surface area contributed by atoms with E-state index < -0.39 is 49.5 Å². The minimum Gasteiger partial charge on any atom is -0.445 e. The third kappa shape index (κ3) is 4.14. The highest BCUT2D eigenvalue weighted by Gasteiger charge is 2.46. The van der Waals surface area contributed by atoms with Crippen LogP contribution in [-0.2, 0) is 20.8 Å². The van der Waals surface area contributed by atoms with Crippen molar-refractivity contribution in [3.05, 3.63) is 35.9 Å². The maximum Gasteiger partial charge on any atom is 0.410 e. The predicted molar refractivity (Wildman–Crippen MR) is 86.8 cm³/mol. The Morgan fingerprint density at radius 3 is 2.46 bits per heavy atom. The molecule has 2 fully saturated rings. The van der Waals surface area contributed by atoms with Crippen molar-refractivity contribution in [2.45, 2.75) is 43.4 Å². The molecule has 2 heterocycles. The smallest absolute Gasteiger partial charge is 0.410 e. The molecule has 26 heavy (non-hydrogen) atoms. The Morgan fingerprint density at radius 1 is 1.12 bits per heavy atom. The second-order valence-electron chi connectivity index (χ2n) is 6.40. The number of aliphatic hydroxyl groups excluding tert-OH is 4. The zero-order chi connectivity index (χ0) is 18.7. The van der Waals surface area contributed by atoms with Crippen molar-refractivity contribution in [2.75, 3.05) is 19.7 Å². The van der Waals surface area contributed by atoms with E-state index in [9.17, 15) is 20.1 Å². The van der Waals surface area contributed by atoms with Crippen molar-refractivity contribution in [3.63, 3.8) is 0 Å². The van der Waals surface area contributed by atoms with Gasteiger partial charge in [-0.15, -0.1) is 0 Å². The number of nitrogens with zero attached hydrogens (tertiary/aromatic N) is 1. The SMILES string of the molecule is O=C(OCc1ccccc1)N1CC(O[C@H]2OC(CO)[C@@H](O)[C@H](O)C2O)C1. The minimum absolute atomic E-state index is 0.175. The van der Waals surface area contributed by atoms with Crippen LogP contribution in [0.5, 0.6) is 0 Å². The number of carbonyl (C=O) groups excluding carboxylic acids is 1. The van der Waals surface area contributed by atoms with Crippen LogP contribution >= 0.6 is 0 Å². The van der Waals surface area contributed by atoms with Crippen LogP contribution in [0.3, 0.4) is 0 Å². The Balaban J connectivity index is 1.42. The number of rotatable bonds is 5. The first-order valence-corrected chi connectivity index (χ1v) is 8.41. The number of hydrogen-bond acceptors (Lipinski definition) is 8. The van der Waals surface area contributed by atoms with Gasteiger partial charge in [0, 0.05) is 0 Å². The molecule has 1 aromatic rings. The molecule has 2 aliphatic heterocycles. The molecule has 9 heteroatoms. The first kappa shape index (κ1) is 19.0. The van der Waals surface area contributed by atoms with E-state index in [0.717, 1.165) is 5.56 Å². The summed E-state index contributed by atoms with van der Waals surface area (Å²) in [6, 6.07) is 9.30. The molecule has 0 saturated carbocycles. The second-order valence-corrected chi connectivity index (χ2v) is 6.40. The van der Waals surface area contributed by atoms with E-state index in [4.69, 9.17) is 19.3 Å². The molecule has 144 valence electrons. The molecule has 4 N–H and O–H groups in total. The minimum atomic E-state index is -1.49. The van der Waals surface area contributed by atoms with Crippen LogP contribution in [0.1, 0.15) is 5.56 Å². The molecule has 1 amide bonds. The van der Waals surface area contributed by atoms with Gasteiger partial charge in [0.15, 0.2) is 6.29 Å². The maximum absolute atomic E-state index is 12.0. The summed E-state index contributed by atoms with van der Waals surface area (Å²) in [5.41, 5.74) is 0.885. The van der Waals surface area contributed by atoms with E-state index in [1.165, 1.54) is 4.90 Å². The Hall–Kier alpha value is -1.75. The summed E-state index contributed by atoms with van der Waals surface area (Å²) >= 11 is 0. The second kappa shape index (κ2) is 8.30. The van der Waals surface area contributed by atoms with Crippen molar-refractivity contribution < 1.29 is 39.4 Å². The number of aliphatic hydroxyl groups is 4. The highest BCUT2D eigenvalue weighted by atomic mass is 16.7. The lowest BCUT2D eigenvalue weighted by atomic mass is 9.99. The van der Waals surface area contributed by atoms with Crippen LogP contribution < -0.4 is 0 Å². The third-order valence-corrected chi connectivity index (χ3v) is 4.49. The Kier molecular flexibility index (Phi) is 6.07. The van der Waals surface area contributed by atoms with Crippen molar-refractivity contribution >= 4 is 6.09 Å². The van der Waals surface area contributed by atoms with E-state index in [1.54, 1.807) is 0 Å². The van der Waals surface area contributed by atoms with Crippen molar-refractivity contribution in [1.82, 2.24) is 4.90 Å². The average molecular weight is 369 g/mol. The average Bonchev–Trinajstić information content (AvgIpc) is 2.63. The number of likely N-dealkylation sites (tertiary alicyclic amines) is 1. The highest BCUT2D eigenvalue weighted by Crippen LogP contribution is 2.25. The van der Waals surface area contributed by atoms with E-state index in [1.807, 2.05) is 30.3 Å². The standard InChI is InChI=1S/C17H23NO8/c19-8-12-13(20)14(21)15(22)16(26-12)25-11-6-18(7-11)17(23)24-9-10-4-2-1-3-5-10/h1-5,11-16,19-22H,6-9H2/t12?,13-,14+,15?,16+/m1/s1. The summed E-state index contributed by atoms with van der Waals surface area (Å²) in [5.74, 6) is 0. The summed E-state index contributed by atoms with van der Waals surface area (Å²) in [6.45, 7) is 0.160. The molecule has 3 rings (SSSR count). The monoisotopic (exact) mass is 369 g/mol. The van der Waals surface area contributed by atoms with Crippen LogP contribution in [0.4, 0.5) is 4.79 Å². The lowest BCUT2D eigenvalue weighted by Gasteiger charge is -2.44. The van der Waals surface area contributed by atoms with Gasteiger partial charge in [0.05, 0.1) is 25.8 Å². The Bertz CT molecular complexity index is 592. The van der Waals surface area contributed by atoms with E-state index in [2.05, 4.69) is 0 Å². The maximum atomic E-state index is 12.0. The van der Waals surface area contributed by atoms with Gasteiger partial charge in [-0.1, -0.05) is 30.3 Å². The number of carbonyl (C=O) groups is 1. The van der Waals surface area contributed by atoms with Gasteiger partial charge >= 0.3 is 6.09 Å². The summed E-state index contributed by atoms with van der Waals surface area (Å²) in [6.07, 6.45) is -7.46. The topological polar surface area (TPSA) is 129 Å². The van der Waals surface area contributed by atoms with Gasteiger partial charge in [0.25, 0.3) is 0 Å². The molecule has 5 atom stereocenters. The molecule has 2 saturated heterocycles. The first-order chi connectivity index (χ1) is 12.5. The molecule has 2 unspecified atom stereocenters. The van der Waals surface area contributed by atoms with E-state index in [-0.39, 0.29) is 19.7 Å². The lowest BCUT2D eigenvalue weighted by Crippen LogP contribution is -2.62. The van der Waals surface area contributed by atoms with Crippen LogP contribution in [-0.4, -0.2) is 87.9 Å². The molecular weight excluding hydrogens is 346 g/mol. The number of amides is 1. The predicted octanol–water partition coefficient (Wildman–Crippen LogP) is -1.18. The molecule has 2 aliphatic rings. The quantitative estimate of drug-likeness (QED) is 0.511. The fraction of sp³-hybridized carbons (Fsp3) is 0.588. The number of benzene rings is 1. The van der Waals surface area contributed by atoms with Gasteiger partial charge in [0.1, 0.15) is 31.0 Å². The first-order valence-electron chi connectivity index (χ1n) is 8.41. The molecule has 0 radical (unpaired) electrons. The summed E-state index contributed by atoms with van der Waals surface area (Å²) in [4.78, 5) is 13.4. The number of hydrogen-bond donors (Lipinski definition) is 4. The summed E-state index contributed by atoms with van der Waals surface area (Å²) in [5, 5.41) is 38.5. The van der Waals surface area contributed by atoms with Gasteiger partial charge in [-0.25, -0.2) is 4.79 Å². The van der Waals surface area contributed by atoms with E-state index in [0.29, 0.717) is 0 Å². The molecule has 0 spiro atoms. The molecular formula is C17H23NO8. The zero-order valence-electron chi connectivity index (χ0n) is 14.0. The normalized spacial score (nSPS) is 32.2. The fourth-order valence-corrected chi connectivity index (χ4v) is 2.85. The Labute approximate surface area is 150 Å². The number of ether oxygens (including phenoxy) is 3. The van der Waals surface area contributed by atoms with Gasteiger partial charge in [-0.2, -0.15) is 0 Å². The van der Waals surface area contributed by atoms with Crippen molar-refractivity contribution in [3.8, 4) is 0 Å². The highest BCUT2D eigenvalue weighted by molar-refractivity contribution is 5.68. The van der Waals surface area contributed by atoms with Crippen LogP contribution in [0.15, 0.2) is 30.3 Å². The molecule has 0 aliphatic carbocycles. The molecule has 1 aromatic carbocycles.